The van der Waals surface area contributed by atoms with Crippen molar-refractivity contribution < 1.29 is 4.52 Å². The maximum Gasteiger partial charge on any atom is 0.223 e. The summed E-state index contributed by atoms with van der Waals surface area (Å²) in [6.07, 6.45) is 4.57. The Kier molecular flexibility index (Phi) is 5.58. The van der Waals surface area contributed by atoms with Gasteiger partial charge in [-0.3, -0.25) is 4.98 Å². The van der Waals surface area contributed by atoms with Crippen molar-refractivity contribution in [3.8, 4) is 22.6 Å². The van der Waals surface area contributed by atoms with Crippen molar-refractivity contribution >= 4 is 5.95 Å². The van der Waals surface area contributed by atoms with Crippen molar-refractivity contribution in [2.75, 3.05) is 32.5 Å². The fourth-order valence-electron chi connectivity index (χ4n) is 2.67. The summed E-state index contributed by atoms with van der Waals surface area (Å²) in [7, 11) is 4.13. The molecular weight excluding hydrogens is 328 g/mol. The molecule has 0 amide bonds. The highest BCUT2D eigenvalue weighted by atomic mass is 16.5. The Bertz CT molecular complexity index is 874. The van der Waals surface area contributed by atoms with Crippen LogP contribution in [0.15, 0.2) is 35.1 Å². The molecule has 0 aliphatic rings. The van der Waals surface area contributed by atoms with Gasteiger partial charge in [-0.25, -0.2) is 9.97 Å². The van der Waals surface area contributed by atoms with E-state index in [1.54, 1.807) is 12.4 Å². The number of rotatable bonds is 7. The SMILES string of the molecule is Cc1cc(-c2cnc(NCCCN(C)C)nc2-c2cccnc2C)on1. The first kappa shape index (κ1) is 18.0. The minimum atomic E-state index is 0.599. The third-order valence-electron chi connectivity index (χ3n) is 4.01. The summed E-state index contributed by atoms with van der Waals surface area (Å²) in [5, 5.41) is 7.28. The lowest BCUT2D eigenvalue weighted by molar-refractivity contribution is 0.405. The van der Waals surface area contributed by atoms with E-state index in [1.165, 1.54) is 0 Å². The molecule has 0 saturated carbocycles. The minimum Gasteiger partial charge on any atom is -0.356 e. The van der Waals surface area contributed by atoms with Crippen LogP contribution in [0.3, 0.4) is 0 Å². The first-order chi connectivity index (χ1) is 12.5. The van der Waals surface area contributed by atoms with Crippen LogP contribution in [0.4, 0.5) is 5.95 Å². The number of aryl methyl sites for hydroxylation is 2. The molecule has 3 rings (SSSR count). The van der Waals surface area contributed by atoms with E-state index in [4.69, 9.17) is 9.51 Å². The molecule has 0 aliphatic carbocycles. The summed E-state index contributed by atoms with van der Waals surface area (Å²) in [5.41, 5.74) is 4.27. The number of pyridine rings is 1. The van der Waals surface area contributed by atoms with E-state index in [9.17, 15) is 0 Å². The maximum absolute atomic E-state index is 5.44. The lowest BCUT2D eigenvalue weighted by atomic mass is 10.0. The molecule has 0 fully saturated rings. The second-order valence-corrected chi connectivity index (χ2v) is 6.51. The Hall–Kier alpha value is -2.80. The van der Waals surface area contributed by atoms with Crippen LogP contribution < -0.4 is 5.32 Å². The fraction of sp³-hybridized carbons (Fsp3) is 0.368. The highest BCUT2D eigenvalue weighted by molar-refractivity contribution is 5.79. The molecule has 3 heterocycles. The monoisotopic (exact) mass is 352 g/mol. The third-order valence-corrected chi connectivity index (χ3v) is 4.01. The van der Waals surface area contributed by atoms with Crippen molar-refractivity contribution in [2.45, 2.75) is 20.3 Å². The van der Waals surface area contributed by atoms with Gasteiger partial charge in [0.1, 0.15) is 0 Å². The van der Waals surface area contributed by atoms with Gasteiger partial charge in [-0.1, -0.05) is 5.16 Å². The first-order valence-electron chi connectivity index (χ1n) is 8.66. The Morgan fingerprint density at radius 2 is 2.00 bits per heavy atom. The molecule has 136 valence electrons. The molecule has 0 bridgehead atoms. The van der Waals surface area contributed by atoms with Gasteiger partial charge in [0.15, 0.2) is 5.76 Å². The van der Waals surface area contributed by atoms with E-state index < -0.39 is 0 Å². The van der Waals surface area contributed by atoms with Crippen molar-refractivity contribution in [2.24, 2.45) is 0 Å². The predicted molar refractivity (Wildman–Crippen MR) is 102 cm³/mol. The molecule has 26 heavy (non-hydrogen) atoms. The molecule has 1 N–H and O–H groups in total. The summed E-state index contributed by atoms with van der Waals surface area (Å²) >= 11 is 0. The van der Waals surface area contributed by atoms with Gasteiger partial charge in [0.2, 0.25) is 5.95 Å². The molecule has 0 atom stereocenters. The zero-order chi connectivity index (χ0) is 18.5. The topological polar surface area (TPSA) is 80.0 Å². The molecule has 0 aromatic carbocycles. The molecule has 3 aromatic rings. The average Bonchev–Trinajstić information content (AvgIpc) is 3.05. The zero-order valence-corrected chi connectivity index (χ0v) is 15.7. The van der Waals surface area contributed by atoms with Crippen LogP contribution in [0.5, 0.6) is 0 Å². The number of hydrogen-bond donors (Lipinski definition) is 1. The van der Waals surface area contributed by atoms with Crippen molar-refractivity contribution in [3.05, 3.63) is 42.0 Å². The van der Waals surface area contributed by atoms with E-state index in [2.05, 4.69) is 39.4 Å². The van der Waals surface area contributed by atoms with E-state index in [-0.39, 0.29) is 0 Å². The van der Waals surface area contributed by atoms with E-state index in [0.29, 0.717) is 11.7 Å². The Morgan fingerprint density at radius 1 is 1.15 bits per heavy atom. The van der Waals surface area contributed by atoms with Gasteiger partial charge in [-0.05, 0) is 53.0 Å². The molecule has 0 spiro atoms. The number of hydrogen-bond acceptors (Lipinski definition) is 7. The van der Waals surface area contributed by atoms with Gasteiger partial charge in [-0.2, -0.15) is 0 Å². The summed E-state index contributed by atoms with van der Waals surface area (Å²) in [6.45, 7) is 5.68. The Labute approximate surface area is 153 Å². The number of nitrogens with zero attached hydrogens (tertiary/aromatic N) is 5. The largest absolute Gasteiger partial charge is 0.356 e. The Balaban J connectivity index is 1.94. The molecule has 0 unspecified atom stereocenters. The van der Waals surface area contributed by atoms with Gasteiger partial charge in [0.25, 0.3) is 0 Å². The molecule has 7 heteroatoms. The Morgan fingerprint density at radius 3 is 2.69 bits per heavy atom. The maximum atomic E-state index is 5.44. The number of anilines is 1. The first-order valence-corrected chi connectivity index (χ1v) is 8.66. The minimum absolute atomic E-state index is 0.599. The normalized spacial score (nSPS) is 11.1. The molecule has 3 aromatic heterocycles. The summed E-state index contributed by atoms with van der Waals surface area (Å²) in [6, 6.07) is 5.80. The predicted octanol–water partition coefficient (Wildman–Crippen LogP) is 3.17. The van der Waals surface area contributed by atoms with E-state index in [0.717, 1.165) is 47.7 Å². The molecule has 0 saturated heterocycles. The summed E-state index contributed by atoms with van der Waals surface area (Å²) < 4.78 is 5.44. The second kappa shape index (κ2) is 8.05. The lowest BCUT2D eigenvalue weighted by Gasteiger charge is -2.12. The standard InChI is InChI=1S/C19H24N6O/c1-13-11-17(26-24-13)16-12-22-19(21-9-6-10-25(3)4)23-18(16)15-7-5-8-20-14(15)2/h5,7-8,11-12H,6,9-10H2,1-4H3,(H,21,22,23). The molecule has 0 aliphatic heterocycles. The zero-order valence-electron chi connectivity index (χ0n) is 15.7. The quantitative estimate of drug-likeness (QED) is 0.654. The van der Waals surface area contributed by atoms with Crippen molar-refractivity contribution in [1.82, 2.24) is 25.0 Å². The highest BCUT2D eigenvalue weighted by Crippen LogP contribution is 2.32. The molecule has 7 nitrogen and oxygen atoms in total. The third kappa shape index (κ3) is 4.23. The van der Waals surface area contributed by atoms with Gasteiger partial charge in [0.05, 0.1) is 17.0 Å². The van der Waals surface area contributed by atoms with E-state index in [1.807, 2.05) is 32.0 Å². The van der Waals surface area contributed by atoms with Crippen LogP contribution in [-0.4, -0.2) is 52.2 Å². The summed E-state index contributed by atoms with van der Waals surface area (Å²) in [5.74, 6) is 1.25. The van der Waals surface area contributed by atoms with Crippen LogP contribution in [0.1, 0.15) is 17.8 Å². The van der Waals surface area contributed by atoms with Crippen LogP contribution in [-0.2, 0) is 0 Å². The van der Waals surface area contributed by atoms with Crippen molar-refractivity contribution in [3.63, 3.8) is 0 Å². The number of nitrogens with one attached hydrogen (secondary N) is 1. The second-order valence-electron chi connectivity index (χ2n) is 6.51. The smallest absolute Gasteiger partial charge is 0.223 e. The number of aromatic nitrogens is 4. The van der Waals surface area contributed by atoms with Crippen LogP contribution >= 0.6 is 0 Å². The van der Waals surface area contributed by atoms with Gasteiger partial charge >= 0.3 is 0 Å². The average molecular weight is 352 g/mol. The van der Waals surface area contributed by atoms with Gasteiger partial charge in [-0.15, -0.1) is 0 Å². The van der Waals surface area contributed by atoms with Gasteiger partial charge < -0.3 is 14.7 Å². The van der Waals surface area contributed by atoms with Crippen LogP contribution in [0, 0.1) is 13.8 Å². The van der Waals surface area contributed by atoms with Crippen LogP contribution in [0.2, 0.25) is 0 Å². The highest BCUT2D eigenvalue weighted by Gasteiger charge is 2.17. The lowest BCUT2D eigenvalue weighted by Crippen LogP contribution is -2.17. The molecular formula is C19H24N6O. The van der Waals surface area contributed by atoms with Crippen LogP contribution in [0.25, 0.3) is 22.6 Å². The summed E-state index contributed by atoms with van der Waals surface area (Å²) in [4.78, 5) is 15.7. The molecule has 0 radical (unpaired) electrons. The fourth-order valence-corrected chi connectivity index (χ4v) is 2.67. The van der Waals surface area contributed by atoms with E-state index >= 15 is 0 Å². The van der Waals surface area contributed by atoms with Crippen molar-refractivity contribution in [1.29, 1.82) is 0 Å². The van der Waals surface area contributed by atoms with Gasteiger partial charge in [0, 0.05) is 36.3 Å².